The standard InChI is InChI=1S/C13H15N3O2/c1-16(8-12-3-2-4-18-12)13(17)9-5-10(14)7-11(15)6-9/h2-7H,8,14-15H2,1H3. The zero-order valence-electron chi connectivity index (χ0n) is 10.1. The van der Waals surface area contributed by atoms with Gasteiger partial charge in [0.1, 0.15) is 5.76 Å². The lowest BCUT2D eigenvalue weighted by atomic mass is 10.1. The number of rotatable bonds is 3. The van der Waals surface area contributed by atoms with Gasteiger partial charge < -0.3 is 20.8 Å². The van der Waals surface area contributed by atoms with Gasteiger partial charge in [0.2, 0.25) is 0 Å². The number of nitrogens with zero attached hydrogens (tertiary/aromatic N) is 1. The first-order valence-electron chi connectivity index (χ1n) is 5.50. The molecule has 0 bridgehead atoms. The number of amides is 1. The second kappa shape index (κ2) is 4.83. The number of anilines is 2. The Morgan fingerprint density at radius 2 is 1.94 bits per heavy atom. The number of hydrogen-bond acceptors (Lipinski definition) is 4. The summed E-state index contributed by atoms with van der Waals surface area (Å²) < 4.78 is 5.19. The molecule has 2 rings (SSSR count). The largest absolute Gasteiger partial charge is 0.467 e. The van der Waals surface area contributed by atoms with Gasteiger partial charge in [0.25, 0.3) is 5.91 Å². The molecule has 0 aliphatic rings. The van der Waals surface area contributed by atoms with Crippen LogP contribution in [0, 0.1) is 0 Å². The summed E-state index contributed by atoms with van der Waals surface area (Å²) in [6.45, 7) is 0.403. The zero-order valence-corrected chi connectivity index (χ0v) is 10.1. The number of carbonyl (C=O) groups is 1. The lowest BCUT2D eigenvalue weighted by Crippen LogP contribution is -2.26. The van der Waals surface area contributed by atoms with Crippen LogP contribution >= 0.6 is 0 Å². The van der Waals surface area contributed by atoms with Gasteiger partial charge in [0.05, 0.1) is 12.8 Å². The third-order valence-corrected chi connectivity index (χ3v) is 2.54. The maximum Gasteiger partial charge on any atom is 0.254 e. The summed E-state index contributed by atoms with van der Waals surface area (Å²) in [5.74, 6) is 0.577. The van der Waals surface area contributed by atoms with Gasteiger partial charge in [-0.05, 0) is 30.3 Å². The van der Waals surface area contributed by atoms with Crippen LogP contribution in [0.3, 0.4) is 0 Å². The molecule has 0 aliphatic heterocycles. The lowest BCUT2D eigenvalue weighted by molar-refractivity contribution is 0.0775. The van der Waals surface area contributed by atoms with E-state index >= 15 is 0 Å². The van der Waals surface area contributed by atoms with Crippen LogP contribution in [0.5, 0.6) is 0 Å². The van der Waals surface area contributed by atoms with Gasteiger partial charge in [-0.1, -0.05) is 0 Å². The highest BCUT2D eigenvalue weighted by molar-refractivity contribution is 5.95. The fourth-order valence-electron chi connectivity index (χ4n) is 1.73. The molecule has 0 spiro atoms. The zero-order chi connectivity index (χ0) is 13.1. The third-order valence-electron chi connectivity index (χ3n) is 2.54. The van der Waals surface area contributed by atoms with Crippen molar-refractivity contribution >= 4 is 17.3 Å². The van der Waals surface area contributed by atoms with E-state index in [4.69, 9.17) is 15.9 Å². The predicted molar refractivity (Wildman–Crippen MR) is 69.8 cm³/mol. The molecule has 94 valence electrons. The van der Waals surface area contributed by atoms with Crippen LogP contribution in [0.25, 0.3) is 0 Å². The minimum absolute atomic E-state index is 0.148. The van der Waals surface area contributed by atoms with Crippen LogP contribution in [0.2, 0.25) is 0 Å². The lowest BCUT2D eigenvalue weighted by Gasteiger charge is -2.16. The van der Waals surface area contributed by atoms with Crippen molar-refractivity contribution in [3.05, 3.63) is 47.9 Å². The first-order valence-corrected chi connectivity index (χ1v) is 5.50. The van der Waals surface area contributed by atoms with Crippen molar-refractivity contribution in [2.75, 3.05) is 18.5 Å². The molecular weight excluding hydrogens is 230 g/mol. The number of nitrogens with two attached hydrogens (primary N) is 2. The van der Waals surface area contributed by atoms with Crippen molar-refractivity contribution in [2.45, 2.75) is 6.54 Å². The number of nitrogen functional groups attached to an aromatic ring is 2. The highest BCUT2D eigenvalue weighted by Crippen LogP contribution is 2.16. The maximum atomic E-state index is 12.1. The monoisotopic (exact) mass is 245 g/mol. The normalized spacial score (nSPS) is 10.3. The topological polar surface area (TPSA) is 85.5 Å². The van der Waals surface area contributed by atoms with Gasteiger partial charge in [-0.15, -0.1) is 0 Å². The number of hydrogen-bond donors (Lipinski definition) is 2. The first kappa shape index (κ1) is 12.0. The second-order valence-electron chi connectivity index (χ2n) is 4.13. The van der Waals surface area contributed by atoms with E-state index in [9.17, 15) is 4.79 Å². The molecule has 18 heavy (non-hydrogen) atoms. The van der Waals surface area contributed by atoms with E-state index in [1.807, 2.05) is 6.07 Å². The quantitative estimate of drug-likeness (QED) is 0.806. The van der Waals surface area contributed by atoms with E-state index in [-0.39, 0.29) is 5.91 Å². The van der Waals surface area contributed by atoms with Crippen molar-refractivity contribution in [1.82, 2.24) is 4.90 Å². The number of benzene rings is 1. The Hall–Kier alpha value is -2.43. The summed E-state index contributed by atoms with van der Waals surface area (Å²) in [5.41, 5.74) is 12.8. The van der Waals surface area contributed by atoms with Crippen LogP contribution in [0.15, 0.2) is 41.0 Å². The summed E-state index contributed by atoms with van der Waals surface area (Å²) in [4.78, 5) is 13.7. The summed E-state index contributed by atoms with van der Waals surface area (Å²) >= 11 is 0. The van der Waals surface area contributed by atoms with Gasteiger partial charge in [-0.2, -0.15) is 0 Å². The van der Waals surface area contributed by atoms with Crippen molar-refractivity contribution in [3.8, 4) is 0 Å². The van der Waals surface area contributed by atoms with Crippen LogP contribution in [-0.4, -0.2) is 17.9 Å². The molecule has 0 radical (unpaired) electrons. The molecule has 1 amide bonds. The summed E-state index contributed by atoms with van der Waals surface area (Å²) in [5, 5.41) is 0. The van der Waals surface area contributed by atoms with Crippen LogP contribution in [-0.2, 0) is 6.54 Å². The highest BCUT2D eigenvalue weighted by Gasteiger charge is 2.14. The van der Waals surface area contributed by atoms with E-state index in [2.05, 4.69) is 0 Å². The Kier molecular flexibility index (Phi) is 3.23. The average Bonchev–Trinajstić information content (AvgIpc) is 2.79. The van der Waals surface area contributed by atoms with Crippen molar-refractivity contribution in [2.24, 2.45) is 0 Å². The molecule has 0 aliphatic carbocycles. The summed E-state index contributed by atoms with van der Waals surface area (Å²) in [6.07, 6.45) is 1.58. The Morgan fingerprint density at radius 3 is 2.50 bits per heavy atom. The predicted octanol–water partition coefficient (Wildman–Crippen LogP) is 1.72. The minimum Gasteiger partial charge on any atom is -0.467 e. The van der Waals surface area contributed by atoms with Crippen molar-refractivity contribution in [3.63, 3.8) is 0 Å². The van der Waals surface area contributed by atoms with E-state index in [1.54, 1.807) is 42.5 Å². The average molecular weight is 245 g/mol. The van der Waals surface area contributed by atoms with E-state index in [0.717, 1.165) is 5.76 Å². The molecule has 5 nitrogen and oxygen atoms in total. The molecule has 2 aromatic rings. The minimum atomic E-state index is -0.148. The molecule has 5 heteroatoms. The molecule has 0 unspecified atom stereocenters. The van der Waals surface area contributed by atoms with Gasteiger partial charge >= 0.3 is 0 Å². The molecule has 0 saturated carbocycles. The molecule has 0 fully saturated rings. The fraction of sp³-hybridized carbons (Fsp3) is 0.154. The number of carbonyl (C=O) groups excluding carboxylic acids is 1. The van der Waals surface area contributed by atoms with Crippen LogP contribution in [0.4, 0.5) is 11.4 Å². The number of furan rings is 1. The second-order valence-corrected chi connectivity index (χ2v) is 4.13. The Labute approximate surface area is 105 Å². The van der Waals surface area contributed by atoms with Crippen LogP contribution < -0.4 is 11.5 Å². The SMILES string of the molecule is CN(Cc1ccco1)C(=O)c1cc(N)cc(N)c1. The van der Waals surface area contributed by atoms with E-state index < -0.39 is 0 Å². The molecular formula is C13H15N3O2. The fourth-order valence-corrected chi connectivity index (χ4v) is 1.73. The smallest absolute Gasteiger partial charge is 0.254 e. The van der Waals surface area contributed by atoms with Gasteiger partial charge in [-0.25, -0.2) is 0 Å². The van der Waals surface area contributed by atoms with Crippen LogP contribution in [0.1, 0.15) is 16.1 Å². The van der Waals surface area contributed by atoms with Gasteiger partial charge in [0, 0.05) is 24.0 Å². The molecule has 0 atom stereocenters. The molecule has 1 aromatic carbocycles. The van der Waals surface area contributed by atoms with E-state index in [1.165, 1.54) is 0 Å². The van der Waals surface area contributed by atoms with Crippen molar-refractivity contribution in [1.29, 1.82) is 0 Å². The molecule has 1 heterocycles. The molecule has 4 N–H and O–H groups in total. The van der Waals surface area contributed by atoms with Gasteiger partial charge in [-0.3, -0.25) is 4.79 Å². The Morgan fingerprint density at radius 1 is 1.28 bits per heavy atom. The summed E-state index contributed by atoms with van der Waals surface area (Å²) in [6, 6.07) is 8.43. The third kappa shape index (κ3) is 2.63. The summed E-state index contributed by atoms with van der Waals surface area (Å²) in [7, 11) is 1.70. The van der Waals surface area contributed by atoms with E-state index in [0.29, 0.717) is 23.5 Å². The Balaban J connectivity index is 2.15. The highest BCUT2D eigenvalue weighted by atomic mass is 16.3. The molecule has 0 saturated heterocycles. The molecule has 1 aromatic heterocycles. The first-order chi connectivity index (χ1) is 8.56. The maximum absolute atomic E-state index is 12.1. The van der Waals surface area contributed by atoms with Crippen molar-refractivity contribution < 1.29 is 9.21 Å². The van der Waals surface area contributed by atoms with Gasteiger partial charge in [0.15, 0.2) is 0 Å². The Bertz CT molecular complexity index is 529.